The number of rotatable bonds is 8. The molecule has 0 unspecified atom stereocenters. The molecular weight excluding hydrogens is 388 g/mol. The highest BCUT2D eigenvalue weighted by Gasteiger charge is 2.22. The summed E-state index contributed by atoms with van der Waals surface area (Å²) in [7, 11) is -3.64. The van der Waals surface area contributed by atoms with E-state index in [0.717, 1.165) is 32.6 Å². The Labute approximate surface area is 171 Å². The minimum atomic E-state index is -3.64. The standard InChI is InChI=1S/C22H24N2O4S/c1-17-10-12-19(13-11-17)28-15-14-23-22(25)16-24(29(2,26)27)21-9-5-7-18-6-3-4-8-20(18)21/h3-13H,14-16H2,1-2H3,(H,23,25). The number of sulfonamides is 1. The Morgan fingerprint density at radius 2 is 1.69 bits per heavy atom. The summed E-state index contributed by atoms with van der Waals surface area (Å²) in [6.45, 7) is 2.27. The van der Waals surface area contributed by atoms with Gasteiger partial charge in [0, 0.05) is 5.39 Å². The molecule has 0 fully saturated rings. The molecule has 152 valence electrons. The molecule has 0 atom stereocenters. The average molecular weight is 413 g/mol. The quantitative estimate of drug-likeness (QED) is 0.577. The summed E-state index contributed by atoms with van der Waals surface area (Å²) in [5, 5.41) is 4.40. The van der Waals surface area contributed by atoms with Crippen molar-refractivity contribution in [2.45, 2.75) is 6.92 Å². The van der Waals surface area contributed by atoms with Crippen molar-refractivity contribution in [3.05, 3.63) is 72.3 Å². The normalized spacial score (nSPS) is 11.2. The first-order valence-corrected chi connectivity index (χ1v) is 11.1. The van der Waals surface area contributed by atoms with Crippen molar-refractivity contribution in [2.75, 3.05) is 30.3 Å². The van der Waals surface area contributed by atoms with Gasteiger partial charge in [0.25, 0.3) is 0 Å². The van der Waals surface area contributed by atoms with Crippen molar-refractivity contribution in [1.82, 2.24) is 5.32 Å². The number of ether oxygens (including phenoxy) is 1. The van der Waals surface area contributed by atoms with Crippen LogP contribution >= 0.6 is 0 Å². The van der Waals surface area contributed by atoms with Gasteiger partial charge in [-0.2, -0.15) is 0 Å². The van der Waals surface area contributed by atoms with Crippen molar-refractivity contribution < 1.29 is 17.9 Å². The minimum absolute atomic E-state index is 0.278. The lowest BCUT2D eigenvalue weighted by atomic mass is 10.1. The summed E-state index contributed by atoms with van der Waals surface area (Å²) in [4.78, 5) is 12.4. The van der Waals surface area contributed by atoms with E-state index >= 15 is 0 Å². The third kappa shape index (κ3) is 5.48. The van der Waals surface area contributed by atoms with Gasteiger partial charge in [0.05, 0.1) is 18.5 Å². The molecule has 0 spiro atoms. The summed E-state index contributed by atoms with van der Waals surface area (Å²) in [5.74, 6) is 0.328. The molecule has 1 amide bonds. The molecule has 0 aromatic heterocycles. The molecule has 0 heterocycles. The fourth-order valence-electron chi connectivity index (χ4n) is 2.99. The highest BCUT2D eigenvalue weighted by Crippen LogP contribution is 2.28. The Balaban J connectivity index is 1.64. The van der Waals surface area contributed by atoms with E-state index in [1.54, 1.807) is 12.1 Å². The van der Waals surface area contributed by atoms with Gasteiger partial charge in [0.15, 0.2) is 0 Å². The topological polar surface area (TPSA) is 75.7 Å². The SMILES string of the molecule is Cc1ccc(OCCNC(=O)CN(c2cccc3ccccc23)S(C)(=O)=O)cc1. The van der Waals surface area contributed by atoms with E-state index in [9.17, 15) is 13.2 Å². The average Bonchev–Trinajstić information content (AvgIpc) is 2.69. The lowest BCUT2D eigenvalue weighted by molar-refractivity contribution is -0.119. The Morgan fingerprint density at radius 1 is 1.00 bits per heavy atom. The second-order valence-corrected chi connectivity index (χ2v) is 8.69. The van der Waals surface area contributed by atoms with E-state index in [0.29, 0.717) is 12.3 Å². The molecule has 1 N–H and O–H groups in total. The van der Waals surface area contributed by atoms with Crippen molar-refractivity contribution in [3.63, 3.8) is 0 Å². The molecule has 3 aromatic carbocycles. The molecule has 0 aliphatic rings. The van der Waals surface area contributed by atoms with Crippen LogP contribution in [0.5, 0.6) is 5.75 Å². The van der Waals surface area contributed by atoms with Crippen LogP contribution in [0.3, 0.4) is 0 Å². The van der Waals surface area contributed by atoms with Gasteiger partial charge in [-0.1, -0.05) is 54.1 Å². The smallest absolute Gasteiger partial charge is 0.240 e. The zero-order valence-corrected chi connectivity index (χ0v) is 17.3. The number of nitrogens with zero attached hydrogens (tertiary/aromatic N) is 1. The highest BCUT2D eigenvalue weighted by atomic mass is 32.2. The van der Waals surface area contributed by atoms with E-state index < -0.39 is 15.9 Å². The van der Waals surface area contributed by atoms with Gasteiger partial charge in [-0.15, -0.1) is 0 Å². The summed E-state index contributed by atoms with van der Waals surface area (Å²) in [6, 6.07) is 20.5. The van der Waals surface area contributed by atoms with Gasteiger partial charge >= 0.3 is 0 Å². The molecule has 0 bridgehead atoms. The summed E-state index contributed by atoms with van der Waals surface area (Å²) < 4.78 is 31.5. The Kier molecular flexibility index (Phi) is 6.39. The van der Waals surface area contributed by atoms with E-state index in [-0.39, 0.29) is 13.1 Å². The number of carbonyl (C=O) groups excluding carboxylic acids is 1. The van der Waals surface area contributed by atoms with Crippen LogP contribution in [-0.4, -0.2) is 40.3 Å². The second kappa shape index (κ2) is 8.96. The first-order valence-electron chi connectivity index (χ1n) is 9.26. The molecule has 0 radical (unpaired) electrons. The molecule has 0 aliphatic heterocycles. The molecular formula is C22H24N2O4S. The van der Waals surface area contributed by atoms with E-state index in [1.807, 2.05) is 61.5 Å². The van der Waals surface area contributed by atoms with E-state index in [4.69, 9.17) is 4.74 Å². The maximum atomic E-state index is 12.4. The molecule has 6 nitrogen and oxygen atoms in total. The largest absolute Gasteiger partial charge is 0.492 e. The number of carbonyl (C=O) groups is 1. The number of amides is 1. The molecule has 3 rings (SSSR count). The lowest BCUT2D eigenvalue weighted by Gasteiger charge is -2.23. The number of benzene rings is 3. The summed E-state index contributed by atoms with van der Waals surface area (Å²) in [5.41, 5.74) is 1.62. The maximum Gasteiger partial charge on any atom is 0.240 e. The Morgan fingerprint density at radius 3 is 2.41 bits per heavy atom. The summed E-state index contributed by atoms with van der Waals surface area (Å²) >= 11 is 0. The number of hydrogen-bond donors (Lipinski definition) is 1. The minimum Gasteiger partial charge on any atom is -0.492 e. The molecule has 29 heavy (non-hydrogen) atoms. The first-order chi connectivity index (χ1) is 13.8. The first kappa shape index (κ1) is 20.7. The Hall–Kier alpha value is -3.06. The number of fused-ring (bicyclic) bond motifs is 1. The number of hydrogen-bond acceptors (Lipinski definition) is 4. The predicted octanol–water partition coefficient (Wildman–Crippen LogP) is 3.11. The van der Waals surface area contributed by atoms with E-state index in [1.165, 1.54) is 0 Å². The molecule has 3 aromatic rings. The van der Waals surface area contributed by atoms with Crippen LogP contribution in [0.15, 0.2) is 66.7 Å². The van der Waals surface area contributed by atoms with Crippen LogP contribution in [0.2, 0.25) is 0 Å². The fourth-order valence-corrected chi connectivity index (χ4v) is 3.86. The van der Waals surface area contributed by atoms with Crippen LogP contribution in [0.4, 0.5) is 5.69 Å². The van der Waals surface area contributed by atoms with Gasteiger partial charge < -0.3 is 10.1 Å². The van der Waals surface area contributed by atoms with Gasteiger partial charge in [0.1, 0.15) is 18.9 Å². The van der Waals surface area contributed by atoms with E-state index in [2.05, 4.69) is 5.32 Å². The van der Waals surface area contributed by atoms with Crippen LogP contribution in [0.1, 0.15) is 5.56 Å². The zero-order chi connectivity index (χ0) is 20.9. The Bertz CT molecular complexity index is 1090. The monoisotopic (exact) mass is 412 g/mol. The number of aryl methyl sites for hydroxylation is 1. The van der Waals surface area contributed by atoms with Gasteiger partial charge in [0.2, 0.25) is 15.9 Å². The third-order valence-corrected chi connectivity index (χ3v) is 5.56. The van der Waals surface area contributed by atoms with Gasteiger partial charge in [-0.25, -0.2) is 8.42 Å². The predicted molar refractivity (Wildman–Crippen MR) is 116 cm³/mol. The van der Waals surface area contributed by atoms with Crippen LogP contribution in [0, 0.1) is 6.92 Å². The van der Waals surface area contributed by atoms with Gasteiger partial charge in [-0.3, -0.25) is 9.10 Å². The van der Waals surface area contributed by atoms with Crippen molar-refractivity contribution >= 4 is 32.4 Å². The third-order valence-electron chi connectivity index (χ3n) is 4.44. The number of anilines is 1. The highest BCUT2D eigenvalue weighted by molar-refractivity contribution is 7.92. The summed E-state index contributed by atoms with van der Waals surface area (Å²) in [6.07, 6.45) is 1.10. The van der Waals surface area contributed by atoms with Crippen molar-refractivity contribution in [3.8, 4) is 5.75 Å². The number of nitrogens with one attached hydrogen (secondary N) is 1. The zero-order valence-electron chi connectivity index (χ0n) is 16.5. The molecule has 7 heteroatoms. The lowest BCUT2D eigenvalue weighted by Crippen LogP contribution is -2.41. The van der Waals surface area contributed by atoms with Crippen molar-refractivity contribution in [2.24, 2.45) is 0 Å². The molecule has 0 aliphatic carbocycles. The molecule has 0 saturated heterocycles. The van der Waals surface area contributed by atoms with Crippen LogP contribution < -0.4 is 14.4 Å². The van der Waals surface area contributed by atoms with Gasteiger partial charge in [-0.05, 0) is 30.5 Å². The van der Waals surface area contributed by atoms with Crippen LogP contribution in [0.25, 0.3) is 10.8 Å². The second-order valence-electron chi connectivity index (χ2n) is 6.78. The fraction of sp³-hybridized carbons (Fsp3) is 0.227. The van der Waals surface area contributed by atoms with Crippen molar-refractivity contribution in [1.29, 1.82) is 0 Å². The van der Waals surface area contributed by atoms with Crippen LogP contribution in [-0.2, 0) is 14.8 Å². The molecule has 0 saturated carbocycles. The maximum absolute atomic E-state index is 12.4.